The average Bonchev–Trinajstić information content (AvgIpc) is 3.20. The third-order valence-corrected chi connectivity index (χ3v) is 11.6. The number of carbonyl (C=O) groups is 2. The summed E-state index contributed by atoms with van der Waals surface area (Å²) in [4.78, 5) is 24.4. The quantitative estimate of drug-likeness (QED) is 0.0378. The zero-order valence-corrected chi connectivity index (χ0v) is 37.9. The van der Waals surface area contributed by atoms with Gasteiger partial charge in [-0.1, -0.05) is 244 Å². The van der Waals surface area contributed by atoms with Crippen molar-refractivity contribution in [1.29, 1.82) is 0 Å². The van der Waals surface area contributed by atoms with Crippen molar-refractivity contribution in [3.63, 3.8) is 0 Å². The lowest BCUT2D eigenvalue weighted by Crippen LogP contribution is -2.28. The molecule has 0 radical (unpaired) electrons. The van der Waals surface area contributed by atoms with Gasteiger partial charge in [-0.25, -0.2) is 0 Å². The molecule has 1 unspecified atom stereocenters. The van der Waals surface area contributed by atoms with Gasteiger partial charge >= 0.3 is 11.9 Å². The van der Waals surface area contributed by atoms with Crippen LogP contribution in [0.4, 0.5) is 0 Å². The summed E-state index contributed by atoms with van der Waals surface area (Å²) in [6.45, 7) is 4.18. The monoisotopic (exact) mass is 791 g/mol. The van der Waals surface area contributed by atoms with Crippen molar-refractivity contribution in [2.24, 2.45) is 0 Å². The van der Waals surface area contributed by atoms with Crippen LogP contribution >= 0.6 is 0 Å². The zero-order chi connectivity index (χ0) is 40.7. The fourth-order valence-electron chi connectivity index (χ4n) is 7.73. The topological polar surface area (TPSA) is 72.8 Å². The average molecular weight is 791 g/mol. The van der Waals surface area contributed by atoms with Gasteiger partial charge < -0.3 is 14.6 Å². The molecule has 0 aliphatic carbocycles. The number of rotatable bonds is 47. The molecule has 0 aliphatic rings. The van der Waals surface area contributed by atoms with E-state index < -0.39 is 6.10 Å². The smallest absolute Gasteiger partial charge is 0.306 e. The second-order valence-corrected chi connectivity index (χ2v) is 17.3. The Morgan fingerprint density at radius 1 is 0.393 bits per heavy atom. The summed E-state index contributed by atoms with van der Waals surface area (Å²) < 4.78 is 10.7. The molecule has 332 valence electrons. The number of ether oxygens (including phenoxy) is 2. The number of hydrogen-bond donors (Lipinski definition) is 1. The molecule has 0 spiro atoms. The molecule has 0 heterocycles. The molecule has 0 aromatic heterocycles. The summed E-state index contributed by atoms with van der Waals surface area (Å²) in [5.41, 5.74) is 0. The van der Waals surface area contributed by atoms with E-state index in [1.165, 1.54) is 218 Å². The molecular formula is C51H98O5. The lowest BCUT2D eigenvalue weighted by atomic mass is 10.0. The van der Waals surface area contributed by atoms with Crippen molar-refractivity contribution in [1.82, 2.24) is 0 Å². The van der Waals surface area contributed by atoms with Crippen molar-refractivity contribution in [2.75, 3.05) is 13.2 Å². The van der Waals surface area contributed by atoms with Crippen LogP contribution in [0.15, 0.2) is 12.2 Å². The minimum absolute atomic E-state index is 0.0592. The zero-order valence-electron chi connectivity index (χ0n) is 37.9. The molecule has 1 atom stereocenters. The molecule has 56 heavy (non-hydrogen) atoms. The van der Waals surface area contributed by atoms with Crippen LogP contribution < -0.4 is 0 Å². The van der Waals surface area contributed by atoms with Gasteiger partial charge in [0.1, 0.15) is 6.61 Å². The molecule has 0 aliphatic heterocycles. The molecule has 5 nitrogen and oxygen atoms in total. The first-order chi connectivity index (χ1) is 27.6. The van der Waals surface area contributed by atoms with E-state index in [0.717, 1.165) is 38.5 Å². The van der Waals surface area contributed by atoms with Gasteiger partial charge in [0.15, 0.2) is 6.10 Å². The summed E-state index contributed by atoms with van der Waals surface area (Å²) >= 11 is 0. The van der Waals surface area contributed by atoms with Crippen LogP contribution in [0.3, 0.4) is 0 Å². The van der Waals surface area contributed by atoms with Crippen LogP contribution in [-0.2, 0) is 19.1 Å². The highest BCUT2D eigenvalue weighted by molar-refractivity contribution is 5.70. The maximum atomic E-state index is 12.3. The Morgan fingerprint density at radius 3 is 0.964 bits per heavy atom. The van der Waals surface area contributed by atoms with Gasteiger partial charge in [-0.2, -0.15) is 0 Å². The first-order valence-electron chi connectivity index (χ1n) is 25.2. The summed E-state index contributed by atoms with van der Waals surface area (Å²) in [5.74, 6) is -0.572. The third kappa shape index (κ3) is 45.3. The molecule has 1 N–H and O–H groups in total. The minimum atomic E-state index is -0.766. The Labute approximate surface area is 350 Å². The molecular weight excluding hydrogens is 693 g/mol. The van der Waals surface area contributed by atoms with Gasteiger partial charge in [-0.05, 0) is 38.5 Å². The lowest BCUT2D eigenvalue weighted by molar-refractivity contribution is -0.161. The van der Waals surface area contributed by atoms with Crippen LogP contribution in [0, 0.1) is 0 Å². The van der Waals surface area contributed by atoms with E-state index >= 15 is 0 Å². The van der Waals surface area contributed by atoms with E-state index in [9.17, 15) is 14.7 Å². The summed E-state index contributed by atoms with van der Waals surface area (Å²) in [7, 11) is 0. The van der Waals surface area contributed by atoms with Crippen LogP contribution in [0.5, 0.6) is 0 Å². The molecule has 0 saturated heterocycles. The van der Waals surface area contributed by atoms with Crippen molar-refractivity contribution in [3.05, 3.63) is 12.2 Å². The summed E-state index contributed by atoms with van der Waals surface area (Å²) in [6.07, 6.45) is 57.3. The fraction of sp³-hybridized carbons (Fsp3) is 0.922. The summed E-state index contributed by atoms with van der Waals surface area (Å²) in [6, 6.07) is 0. The number of unbranched alkanes of at least 4 members (excludes halogenated alkanes) is 37. The Morgan fingerprint density at radius 2 is 0.661 bits per heavy atom. The minimum Gasteiger partial charge on any atom is -0.462 e. The SMILES string of the molecule is CCCCCCCCC=CCCCCCCCCCCCCCC(=O)OCC(CO)OC(=O)CCCCCCCCCCCCCCCCCCCCCCC. The predicted octanol–water partition coefficient (Wildman–Crippen LogP) is 16.4. The summed E-state index contributed by atoms with van der Waals surface area (Å²) in [5, 5.41) is 9.62. The molecule has 0 saturated carbocycles. The Kier molecular flexibility index (Phi) is 46.8. The number of aliphatic hydroxyl groups is 1. The Bertz CT molecular complexity index is 810. The first kappa shape index (κ1) is 54.6. The maximum Gasteiger partial charge on any atom is 0.306 e. The Hall–Kier alpha value is -1.36. The normalized spacial score (nSPS) is 12.1. The number of allylic oxidation sites excluding steroid dienone is 2. The van der Waals surface area contributed by atoms with E-state index in [1.54, 1.807) is 0 Å². The second-order valence-electron chi connectivity index (χ2n) is 17.3. The maximum absolute atomic E-state index is 12.3. The predicted molar refractivity (Wildman–Crippen MR) is 242 cm³/mol. The van der Waals surface area contributed by atoms with Gasteiger partial charge in [-0.3, -0.25) is 9.59 Å². The van der Waals surface area contributed by atoms with Crippen molar-refractivity contribution >= 4 is 11.9 Å². The molecule has 5 heteroatoms. The van der Waals surface area contributed by atoms with Crippen molar-refractivity contribution in [3.8, 4) is 0 Å². The lowest BCUT2D eigenvalue weighted by Gasteiger charge is -2.15. The van der Waals surface area contributed by atoms with E-state index in [1.807, 2.05) is 0 Å². The molecule has 0 aromatic carbocycles. The number of aliphatic hydroxyl groups excluding tert-OH is 1. The van der Waals surface area contributed by atoms with E-state index in [4.69, 9.17) is 9.47 Å². The standard InChI is InChI=1S/C51H98O5/c1-3-5-7-9-11-13-15-17-19-21-23-25-27-29-31-33-35-37-39-41-43-45-50(53)55-48-49(47-52)56-51(54)46-44-42-40-38-36-34-32-30-28-26-24-22-20-18-16-14-12-10-8-6-4-2/h17,19,49,52H,3-16,18,20-48H2,1-2H3. The van der Waals surface area contributed by atoms with Gasteiger partial charge in [0.25, 0.3) is 0 Å². The van der Waals surface area contributed by atoms with Crippen LogP contribution in [-0.4, -0.2) is 36.4 Å². The van der Waals surface area contributed by atoms with Gasteiger partial charge in [-0.15, -0.1) is 0 Å². The van der Waals surface area contributed by atoms with E-state index in [-0.39, 0.29) is 25.2 Å². The highest BCUT2D eigenvalue weighted by atomic mass is 16.6. The first-order valence-corrected chi connectivity index (χ1v) is 25.2. The largest absolute Gasteiger partial charge is 0.462 e. The second kappa shape index (κ2) is 48.0. The molecule has 0 amide bonds. The number of esters is 2. The Balaban J connectivity index is 3.44. The highest BCUT2D eigenvalue weighted by Gasteiger charge is 2.16. The molecule has 0 aromatic rings. The molecule has 0 bridgehead atoms. The van der Waals surface area contributed by atoms with Crippen molar-refractivity contribution < 1.29 is 24.2 Å². The van der Waals surface area contributed by atoms with Crippen LogP contribution in [0.25, 0.3) is 0 Å². The molecule has 0 rings (SSSR count). The van der Waals surface area contributed by atoms with Gasteiger partial charge in [0.05, 0.1) is 6.61 Å². The number of hydrogen-bond acceptors (Lipinski definition) is 5. The number of carbonyl (C=O) groups excluding carboxylic acids is 2. The van der Waals surface area contributed by atoms with E-state index in [2.05, 4.69) is 26.0 Å². The van der Waals surface area contributed by atoms with Gasteiger partial charge in [0.2, 0.25) is 0 Å². The fourth-order valence-corrected chi connectivity index (χ4v) is 7.73. The molecule has 0 fully saturated rings. The van der Waals surface area contributed by atoms with E-state index in [0.29, 0.717) is 12.8 Å². The van der Waals surface area contributed by atoms with Gasteiger partial charge in [0, 0.05) is 12.8 Å². The highest BCUT2D eigenvalue weighted by Crippen LogP contribution is 2.17. The van der Waals surface area contributed by atoms with Crippen molar-refractivity contribution in [2.45, 2.75) is 290 Å². The van der Waals surface area contributed by atoms with Crippen LogP contribution in [0.2, 0.25) is 0 Å². The third-order valence-electron chi connectivity index (χ3n) is 11.6. The van der Waals surface area contributed by atoms with Crippen LogP contribution in [0.1, 0.15) is 284 Å².